The quantitative estimate of drug-likeness (QED) is 0.185. The Balaban J connectivity index is 1.24. The molecule has 2 heterocycles. The first-order valence-electron chi connectivity index (χ1n) is 22.0. The molecule has 0 atom stereocenters. The number of rotatable bonds is 6. The van der Waals surface area contributed by atoms with E-state index in [4.69, 9.17) is 18.2 Å². The second-order valence-corrected chi connectivity index (χ2v) is 15.2. The Labute approximate surface area is 341 Å². The first-order chi connectivity index (χ1) is 30.2. The second kappa shape index (κ2) is 13.3. The molecule has 1 aliphatic rings. The molecular formula is C53H41N3O. The molecule has 57 heavy (non-hydrogen) atoms. The Morgan fingerprint density at radius 2 is 1.26 bits per heavy atom. The smallest absolute Gasteiger partial charge is 0.149 e. The maximum absolute atomic E-state index is 11.4. The fourth-order valence-electron chi connectivity index (χ4n) is 8.70. The summed E-state index contributed by atoms with van der Waals surface area (Å²) in [5, 5.41) is 11.4. The SMILES string of the molecule is [2H]C([2H])([2H])c1ccc(-c2ccnc(-c3cc(-c4cccc5c4nc(-c4ccccc4O)n5-c4ccc(C([2H])([2H])[2H])cc4-c4ccccc4)cc4c3C(C)(C)c3ccccc3-4)c2)cc1. The van der Waals surface area contributed by atoms with E-state index < -0.39 is 13.7 Å². The normalized spacial score (nSPS) is 14.8. The molecule has 0 amide bonds. The lowest BCUT2D eigenvalue weighted by Crippen LogP contribution is -2.16. The molecule has 1 N–H and O–H groups in total. The van der Waals surface area contributed by atoms with Crippen molar-refractivity contribution in [2.24, 2.45) is 0 Å². The van der Waals surface area contributed by atoms with E-state index in [1.807, 2.05) is 83.4 Å². The highest BCUT2D eigenvalue weighted by Crippen LogP contribution is 2.54. The van der Waals surface area contributed by atoms with Gasteiger partial charge in [0.15, 0.2) is 0 Å². The van der Waals surface area contributed by atoms with Crippen LogP contribution in [-0.2, 0) is 5.41 Å². The number of nitrogens with zero attached hydrogens (tertiary/aromatic N) is 3. The van der Waals surface area contributed by atoms with Crippen LogP contribution in [0.25, 0.3) is 83.9 Å². The highest BCUT2D eigenvalue weighted by molar-refractivity contribution is 6.00. The summed E-state index contributed by atoms with van der Waals surface area (Å²) < 4.78 is 50.5. The fraction of sp³-hybridized carbons (Fsp3) is 0.0943. The van der Waals surface area contributed by atoms with E-state index in [1.165, 1.54) is 5.56 Å². The lowest BCUT2D eigenvalue weighted by atomic mass is 9.78. The third-order valence-corrected chi connectivity index (χ3v) is 11.4. The van der Waals surface area contributed by atoms with Crippen molar-refractivity contribution in [2.45, 2.75) is 33.0 Å². The van der Waals surface area contributed by atoms with Crippen molar-refractivity contribution in [3.05, 3.63) is 192 Å². The van der Waals surface area contributed by atoms with Crippen LogP contribution in [0.1, 0.15) is 44.3 Å². The number of phenols is 1. The predicted molar refractivity (Wildman–Crippen MR) is 235 cm³/mol. The first-order valence-corrected chi connectivity index (χ1v) is 19.0. The standard InChI is InChI=1S/C53H41N3O/c1-33-21-24-35(25-22-33)37-27-28-54-46(32-37)44-31-38(30-43-40-15-8-10-18-45(40)53(3,4)50(43)44)39-17-12-19-48-51(39)55-52(41-16-9-11-20-49(41)57)56(48)47-26-23-34(2)29-42(47)36-13-6-5-7-14-36/h5-32,57H,1-4H3/i1D3,2D3. The van der Waals surface area contributed by atoms with Gasteiger partial charge in [-0.25, -0.2) is 4.98 Å². The molecule has 4 heteroatoms. The molecule has 0 fully saturated rings. The summed E-state index contributed by atoms with van der Waals surface area (Å²) in [6.45, 7) is -0.0229. The number of para-hydroxylation sites is 2. The number of fused-ring (bicyclic) bond motifs is 4. The van der Waals surface area contributed by atoms with Crippen molar-refractivity contribution in [2.75, 3.05) is 0 Å². The second-order valence-electron chi connectivity index (χ2n) is 15.2. The van der Waals surface area contributed by atoms with Gasteiger partial charge < -0.3 is 5.11 Å². The lowest BCUT2D eigenvalue weighted by molar-refractivity contribution is 0.477. The van der Waals surface area contributed by atoms with Crippen molar-refractivity contribution >= 4 is 11.0 Å². The highest BCUT2D eigenvalue weighted by Gasteiger charge is 2.38. The van der Waals surface area contributed by atoms with Gasteiger partial charge in [0.1, 0.15) is 11.6 Å². The van der Waals surface area contributed by atoms with Crippen molar-refractivity contribution in [3.63, 3.8) is 0 Å². The molecule has 1 aliphatic carbocycles. The van der Waals surface area contributed by atoms with Gasteiger partial charge in [0.2, 0.25) is 0 Å². The minimum absolute atomic E-state index is 0.0636. The zero-order valence-corrected chi connectivity index (χ0v) is 31.5. The van der Waals surface area contributed by atoms with Gasteiger partial charge in [-0.1, -0.05) is 134 Å². The largest absolute Gasteiger partial charge is 0.507 e. The maximum atomic E-state index is 11.4. The summed E-state index contributed by atoms with van der Waals surface area (Å²) in [4.78, 5) is 10.4. The zero-order valence-electron chi connectivity index (χ0n) is 37.5. The fourth-order valence-corrected chi connectivity index (χ4v) is 8.70. The molecule has 0 aliphatic heterocycles. The van der Waals surface area contributed by atoms with Gasteiger partial charge >= 0.3 is 0 Å². The molecule has 10 rings (SSSR count). The molecule has 2 aromatic heterocycles. The average molecular weight is 742 g/mol. The number of pyridine rings is 1. The number of phenolic OH excluding ortho intramolecular Hbond substituents is 1. The first kappa shape index (κ1) is 28.4. The van der Waals surface area contributed by atoms with Gasteiger partial charge in [-0.2, -0.15) is 0 Å². The molecule has 0 unspecified atom stereocenters. The molecule has 0 bridgehead atoms. The summed E-state index contributed by atoms with van der Waals surface area (Å²) in [6, 6.07) is 52.1. The number of hydrogen-bond acceptors (Lipinski definition) is 3. The highest BCUT2D eigenvalue weighted by atomic mass is 16.3. The van der Waals surface area contributed by atoms with Crippen LogP contribution in [0.3, 0.4) is 0 Å². The van der Waals surface area contributed by atoms with Crippen molar-refractivity contribution in [3.8, 4) is 78.6 Å². The van der Waals surface area contributed by atoms with E-state index in [-0.39, 0.29) is 22.3 Å². The van der Waals surface area contributed by atoms with Crippen LogP contribution in [0.15, 0.2) is 170 Å². The molecule has 9 aromatic rings. The molecular weight excluding hydrogens is 695 g/mol. The van der Waals surface area contributed by atoms with Gasteiger partial charge in [-0.3, -0.25) is 9.55 Å². The predicted octanol–water partition coefficient (Wildman–Crippen LogP) is 13.4. The van der Waals surface area contributed by atoms with Gasteiger partial charge in [0.25, 0.3) is 0 Å². The van der Waals surface area contributed by atoms with Crippen LogP contribution in [0.2, 0.25) is 0 Å². The summed E-state index contributed by atoms with van der Waals surface area (Å²) in [7, 11) is 0. The zero-order chi connectivity index (χ0) is 43.8. The van der Waals surface area contributed by atoms with Crippen LogP contribution in [-0.4, -0.2) is 19.6 Å². The van der Waals surface area contributed by atoms with Gasteiger partial charge in [-0.15, -0.1) is 0 Å². The molecule has 0 spiro atoms. The summed E-state index contributed by atoms with van der Waals surface area (Å²) >= 11 is 0. The Kier molecular flexibility index (Phi) is 6.63. The number of hydrogen-bond donors (Lipinski definition) is 1. The van der Waals surface area contributed by atoms with Crippen molar-refractivity contribution in [1.82, 2.24) is 14.5 Å². The maximum Gasteiger partial charge on any atom is 0.149 e. The number of imidazole rings is 1. The molecule has 0 saturated carbocycles. The van der Waals surface area contributed by atoms with Crippen molar-refractivity contribution < 1.29 is 13.3 Å². The van der Waals surface area contributed by atoms with Gasteiger partial charge in [0.05, 0.1) is 28.0 Å². The minimum Gasteiger partial charge on any atom is -0.507 e. The Hall–Kier alpha value is -7.04. The van der Waals surface area contributed by atoms with Crippen LogP contribution in [0, 0.1) is 13.7 Å². The Morgan fingerprint density at radius 3 is 2.07 bits per heavy atom. The van der Waals surface area contributed by atoms with Crippen LogP contribution >= 0.6 is 0 Å². The number of benzene rings is 7. The molecule has 7 aromatic carbocycles. The monoisotopic (exact) mass is 741 g/mol. The van der Waals surface area contributed by atoms with E-state index in [0.717, 1.165) is 61.3 Å². The van der Waals surface area contributed by atoms with E-state index in [9.17, 15) is 5.11 Å². The Bertz CT molecular complexity index is 3240. The average Bonchev–Trinajstić information content (AvgIpc) is 3.78. The van der Waals surface area contributed by atoms with Gasteiger partial charge in [-0.05, 0) is 113 Å². The number of aromatic hydroxyl groups is 1. The summed E-state index contributed by atoms with van der Waals surface area (Å²) in [5.41, 5.74) is 14.4. The molecule has 274 valence electrons. The van der Waals surface area contributed by atoms with Crippen LogP contribution < -0.4 is 0 Å². The molecule has 0 radical (unpaired) electrons. The number of aromatic nitrogens is 3. The van der Waals surface area contributed by atoms with Crippen LogP contribution in [0.5, 0.6) is 5.75 Å². The van der Waals surface area contributed by atoms with Crippen molar-refractivity contribution in [1.29, 1.82) is 0 Å². The van der Waals surface area contributed by atoms with Gasteiger partial charge in [0, 0.05) is 36.5 Å². The van der Waals surface area contributed by atoms with E-state index in [0.29, 0.717) is 28.2 Å². The van der Waals surface area contributed by atoms with E-state index >= 15 is 0 Å². The lowest BCUT2D eigenvalue weighted by Gasteiger charge is -2.25. The Morgan fingerprint density at radius 1 is 0.544 bits per heavy atom. The molecule has 4 nitrogen and oxygen atoms in total. The van der Waals surface area contributed by atoms with E-state index in [1.54, 1.807) is 42.6 Å². The summed E-state index contributed by atoms with van der Waals surface area (Å²) in [5.74, 6) is 0.565. The topological polar surface area (TPSA) is 50.9 Å². The van der Waals surface area contributed by atoms with E-state index in [2.05, 4.69) is 62.4 Å². The summed E-state index contributed by atoms with van der Waals surface area (Å²) in [6.07, 6.45) is 1.80. The third kappa shape index (κ3) is 5.67. The number of aryl methyl sites for hydroxylation is 2. The van der Waals surface area contributed by atoms with Crippen LogP contribution in [0.4, 0.5) is 0 Å². The minimum atomic E-state index is -2.33. The third-order valence-electron chi connectivity index (χ3n) is 11.4. The molecule has 0 saturated heterocycles.